The van der Waals surface area contributed by atoms with Crippen LogP contribution >= 0.6 is 0 Å². The highest BCUT2D eigenvalue weighted by atomic mass is 19.2. The molecule has 1 aliphatic rings. The Morgan fingerprint density at radius 3 is 2.75 bits per heavy atom. The summed E-state index contributed by atoms with van der Waals surface area (Å²) in [6.07, 6.45) is 0.497. The maximum atomic E-state index is 13.8. The maximum Gasteiger partial charge on any atom is 0.305 e. The van der Waals surface area contributed by atoms with Gasteiger partial charge < -0.3 is 10.0 Å². The summed E-state index contributed by atoms with van der Waals surface area (Å²) in [5.74, 6) is -3.13. The molecule has 4 nitrogen and oxygen atoms in total. The lowest BCUT2D eigenvalue weighted by Gasteiger charge is -2.24. The minimum absolute atomic E-state index is 0.0683. The van der Waals surface area contributed by atoms with Crippen LogP contribution in [-0.2, 0) is 16.1 Å². The van der Waals surface area contributed by atoms with E-state index in [9.17, 15) is 18.4 Å². The number of carbonyl (C=O) groups is 2. The van der Waals surface area contributed by atoms with E-state index in [4.69, 9.17) is 5.11 Å². The molecular formula is C14H15F2NO3. The van der Waals surface area contributed by atoms with Crippen LogP contribution in [0.3, 0.4) is 0 Å². The highest BCUT2D eigenvalue weighted by molar-refractivity contribution is 5.80. The summed E-state index contributed by atoms with van der Waals surface area (Å²) in [4.78, 5) is 23.8. The number of carboxylic acids is 1. The Kier molecular flexibility index (Phi) is 4.01. The molecule has 108 valence electrons. The molecule has 1 unspecified atom stereocenters. The Morgan fingerprint density at radius 2 is 2.10 bits per heavy atom. The third-order valence-corrected chi connectivity index (χ3v) is 3.56. The number of carbonyl (C=O) groups excluding carboxylic acids is 1. The van der Waals surface area contributed by atoms with Crippen molar-refractivity contribution in [2.24, 2.45) is 0 Å². The Bertz CT molecular complexity index is 560. The van der Waals surface area contributed by atoms with E-state index in [0.29, 0.717) is 6.42 Å². The zero-order valence-electron chi connectivity index (χ0n) is 11.0. The number of benzene rings is 1. The number of likely N-dealkylation sites (tertiary alicyclic amines) is 1. The summed E-state index contributed by atoms with van der Waals surface area (Å²) in [7, 11) is 0. The van der Waals surface area contributed by atoms with Crippen molar-refractivity contribution < 1.29 is 23.5 Å². The average molecular weight is 283 g/mol. The SMILES string of the molecule is Cc1ccc(CN2C(=O)CCC2CC(=O)O)c(F)c1F. The highest BCUT2D eigenvalue weighted by Crippen LogP contribution is 2.25. The van der Waals surface area contributed by atoms with Crippen molar-refractivity contribution in [3.8, 4) is 0 Å². The lowest BCUT2D eigenvalue weighted by molar-refractivity contribution is -0.139. The third-order valence-electron chi connectivity index (χ3n) is 3.56. The monoisotopic (exact) mass is 283 g/mol. The molecule has 1 fully saturated rings. The number of nitrogens with zero attached hydrogens (tertiary/aromatic N) is 1. The molecule has 1 aliphatic heterocycles. The van der Waals surface area contributed by atoms with Gasteiger partial charge in [-0.1, -0.05) is 12.1 Å². The number of aliphatic carboxylic acids is 1. The van der Waals surface area contributed by atoms with E-state index in [1.165, 1.54) is 24.0 Å². The van der Waals surface area contributed by atoms with Gasteiger partial charge in [0, 0.05) is 24.6 Å². The summed E-state index contributed by atoms with van der Waals surface area (Å²) in [5, 5.41) is 8.81. The Morgan fingerprint density at radius 1 is 1.40 bits per heavy atom. The molecule has 0 aromatic heterocycles. The fourth-order valence-corrected chi connectivity index (χ4v) is 2.42. The Labute approximate surface area is 115 Å². The van der Waals surface area contributed by atoms with Crippen LogP contribution in [0, 0.1) is 18.6 Å². The van der Waals surface area contributed by atoms with Gasteiger partial charge >= 0.3 is 5.97 Å². The van der Waals surface area contributed by atoms with Crippen LogP contribution in [0.25, 0.3) is 0 Å². The van der Waals surface area contributed by atoms with E-state index < -0.39 is 23.6 Å². The van der Waals surface area contributed by atoms with Crippen molar-refractivity contribution in [2.75, 3.05) is 0 Å². The fourth-order valence-electron chi connectivity index (χ4n) is 2.42. The van der Waals surface area contributed by atoms with Gasteiger partial charge in [-0.25, -0.2) is 8.78 Å². The second kappa shape index (κ2) is 5.56. The molecule has 20 heavy (non-hydrogen) atoms. The zero-order valence-corrected chi connectivity index (χ0v) is 11.0. The normalized spacial score (nSPS) is 18.6. The first kappa shape index (κ1) is 14.4. The molecule has 0 saturated carbocycles. The van der Waals surface area contributed by atoms with E-state index in [-0.39, 0.29) is 36.4 Å². The molecule has 1 amide bonds. The summed E-state index contributed by atoms with van der Waals surface area (Å²) in [6.45, 7) is 1.36. The fraction of sp³-hybridized carbons (Fsp3) is 0.429. The van der Waals surface area contributed by atoms with Gasteiger partial charge in [0.25, 0.3) is 0 Å². The van der Waals surface area contributed by atoms with Gasteiger partial charge in [0.1, 0.15) is 0 Å². The number of amides is 1. The molecule has 1 aromatic carbocycles. The molecule has 1 saturated heterocycles. The first-order valence-electron chi connectivity index (χ1n) is 6.35. The number of hydrogen-bond donors (Lipinski definition) is 1. The van der Waals surface area contributed by atoms with Crippen LogP contribution in [-0.4, -0.2) is 27.9 Å². The topological polar surface area (TPSA) is 57.6 Å². The molecule has 6 heteroatoms. The Balaban J connectivity index is 2.21. The second-order valence-electron chi connectivity index (χ2n) is 4.98. The van der Waals surface area contributed by atoms with Crippen LogP contribution in [0.4, 0.5) is 8.78 Å². The number of aryl methyl sites for hydroxylation is 1. The van der Waals surface area contributed by atoms with Crippen molar-refractivity contribution >= 4 is 11.9 Å². The van der Waals surface area contributed by atoms with Crippen LogP contribution in [0.15, 0.2) is 12.1 Å². The molecular weight excluding hydrogens is 268 g/mol. The molecule has 1 N–H and O–H groups in total. The number of rotatable bonds is 4. The molecule has 0 aliphatic carbocycles. The largest absolute Gasteiger partial charge is 0.481 e. The van der Waals surface area contributed by atoms with E-state index in [1.807, 2.05) is 0 Å². The highest BCUT2D eigenvalue weighted by Gasteiger charge is 2.33. The molecule has 0 spiro atoms. The first-order chi connectivity index (χ1) is 9.40. The molecule has 0 radical (unpaired) electrons. The van der Waals surface area contributed by atoms with Gasteiger partial charge in [-0.05, 0) is 18.9 Å². The van der Waals surface area contributed by atoms with Gasteiger partial charge in [-0.3, -0.25) is 9.59 Å². The maximum absolute atomic E-state index is 13.8. The quantitative estimate of drug-likeness (QED) is 0.922. The van der Waals surface area contributed by atoms with Gasteiger partial charge in [0.05, 0.1) is 6.42 Å². The lowest BCUT2D eigenvalue weighted by Crippen LogP contribution is -2.34. The van der Waals surface area contributed by atoms with Crippen molar-refractivity contribution in [3.63, 3.8) is 0 Å². The van der Waals surface area contributed by atoms with E-state index in [0.717, 1.165) is 0 Å². The summed E-state index contributed by atoms with van der Waals surface area (Å²) in [5.41, 5.74) is 0.264. The smallest absolute Gasteiger partial charge is 0.305 e. The van der Waals surface area contributed by atoms with Gasteiger partial charge in [0.15, 0.2) is 11.6 Å². The minimum Gasteiger partial charge on any atom is -0.481 e. The van der Waals surface area contributed by atoms with Crippen LogP contribution in [0.1, 0.15) is 30.4 Å². The third kappa shape index (κ3) is 2.79. The molecule has 1 aromatic rings. The van der Waals surface area contributed by atoms with Crippen LogP contribution in [0.2, 0.25) is 0 Å². The number of carboxylic acid groups (broad SMARTS) is 1. The zero-order chi connectivity index (χ0) is 14.9. The van der Waals surface area contributed by atoms with Crippen molar-refractivity contribution in [1.82, 2.24) is 4.90 Å². The minimum atomic E-state index is -1.01. The number of halogens is 2. The van der Waals surface area contributed by atoms with E-state index in [2.05, 4.69) is 0 Å². The molecule has 1 heterocycles. The molecule has 1 atom stereocenters. The average Bonchev–Trinajstić information content (AvgIpc) is 2.71. The second-order valence-corrected chi connectivity index (χ2v) is 4.98. The standard InChI is InChI=1S/C14H15F2NO3/c1-8-2-3-9(14(16)13(8)15)7-17-10(6-12(19)20)4-5-11(17)18/h2-3,10H,4-7H2,1H3,(H,19,20). The predicted octanol–water partition coefficient (Wildman–Crippen LogP) is 2.24. The van der Waals surface area contributed by atoms with Crippen LogP contribution in [0.5, 0.6) is 0 Å². The van der Waals surface area contributed by atoms with Gasteiger partial charge in [-0.15, -0.1) is 0 Å². The number of hydrogen-bond acceptors (Lipinski definition) is 2. The van der Waals surface area contributed by atoms with E-state index in [1.54, 1.807) is 0 Å². The molecule has 2 rings (SSSR count). The van der Waals surface area contributed by atoms with Crippen molar-refractivity contribution in [2.45, 2.75) is 38.8 Å². The van der Waals surface area contributed by atoms with E-state index >= 15 is 0 Å². The first-order valence-corrected chi connectivity index (χ1v) is 6.35. The summed E-state index contributed by atoms with van der Waals surface area (Å²) in [6, 6.07) is 2.42. The van der Waals surface area contributed by atoms with Crippen molar-refractivity contribution in [3.05, 3.63) is 34.9 Å². The Hall–Kier alpha value is -1.98. The predicted molar refractivity (Wildman–Crippen MR) is 66.9 cm³/mol. The molecule has 0 bridgehead atoms. The van der Waals surface area contributed by atoms with Crippen LogP contribution < -0.4 is 0 Å². The van der Waals surface area contributed by atoms with Gasteiger partial charge in [0.2, 0.25) is 5.91 Å². The van der Waals surface area contributed by atoms with Crippen molar-refractivity contribution in [1.29, 1.82) is 0 Å². The lowest BCUT2D eigenvalue weighted by atomic mass is 10.1. The van der Waals surface area contributed by atoms with Gasteiger partial charge in [-0.2, -0.15) is 0 Å². The summed E-state index contributed by atoms with van der Waals surface area (Å²) < 4.78 is 27.3. The summed E-state index contributed by atoms with van der Waals surface area (Å²) >= 11 is 0.